The molecule has 0 unspecified atom stereocenters. The van der Waals surface area contributed by atoms with E-state index in [2.05, 4.69) is 20.5 Å². The van der Waals surface area contributed by atoms with Crippen LogP contribution in [0.5, 0.6) is 0 Å². The predicted octanol–water partition coefficient (Wildman–Crippen LogP) is 1.29. The van der Waals surface area contributed by atoms with E-state index < -0.39 is 0 Å². The van der Waals surface area contributed by atoms with Gasteiger partial charge >= 0.3 is 0 Å². The minimum absolute atomic E-state index is 0. The summed E-state index contributed by atoms with van der Waals surface area (Å²) in [6.07, 6.45) is 5.53. The first-order valence-electron chi connectivity index (χ1n) is 7.63. The van der Waals surface area contributed by atoms with Crippen molar-refractivity contribution in [3.63, 3.8) is 0 Å². The van der Waals surface area contributed by atoms with E-state index in [-0.39, 0.29) is 24.0 Å². The average molecular weight is 396 g/mol. The van der Waals surface area contributed by atoms with Crippen molar-refractivity contribution in [2.75, 3.05) is 53.0 Å². The number of ether oxygens (including phenoxy) is 1. The van der Waals surface area contributed by atoms with Gasteiger partial charge < -0.3 is 15.4 Å². The quantitative estimate of drug-likeness (QED) is 0.295. The molecule has 2 N–H and O–H groups in total. The van der Waals surface area contributed by atoms with E-state index in [0.29, 0.717) is 0 Å². The first-order valence-corrected chi connectivity index (χ1v) is 7.63. The summed E-state index contributed by atoms with van der Waals surface area (Å²) in [5.41, 5.74) is 0. The van der Waals surface area contributed by atoms with Crippen LogP contribution in [0.2, 0.25) is 0 Å². The van der Waals surface area contributed by atoms with Gasteiger partial charge in [0.2, 0.25) is 0 Å². The monoisotopic (exact) mass is 396 g/mol. The highest BCUT2D eigenvalue weighted by Crippen LogP contribution is 2.33. The Morgan fingerprint density at radius 2 is 1.90 bits per heavy atom. The molecular formula is C14H29IN4O. The van der Waals surface area contributed by atoms with Gasteiger partial charge in [-0.2, -0.15) is 0 Å². The van der Waals surface area contributed by atoms with Crippen LogP contribution in [0.4, 0.5) is 0 Å². The Hall–Kier alpha value is -0.0800. The number of hydrogen-bond acceptors (Lipinski definition) is 3. The van der Waals surface area contributed by atoms with Crippen LogP contribution in [0.1, 0.15) is 25.7 Å². The molecule has 0 aromatic rings. The van der Waals surface area contributed by atoms with Crippen LogP contribution in [0.15, 0.2) is 4.99 Å². The van der Waals surface area contributed by atoms with Gasteiger partial charge in [-0.05, 0) is 18.8 Å². The van der Waals surface area contributed by atoms with E-state index in [9.17, 15) is 0 Å². The second kappa shape index (κ2) is 10.6. The topological polar surface area (TPSA) is 48.9 Å². The van der Waals surface area contributed by atoms with Crippen molar-refractivity contribution in [1.82, 2.24) is 15.5 Å². The molecule has 0 aromatic carbocycles. The molecule has 1 heterocycles. The predicted molar refractivity (Wildman–Crippen MR) is 94.0 cm³/mol. The Morgan fingerprint density at radius 3 is 2.55 bits per heavy atom. The second-order valence-corrected chi connectivity index (χ2v) is 5.47. The fraction of sp³-hybridized carbons (Fsp3) is 0.929. The lowest BCUT2D eigenvalue weighted by Crippen LogP contribution is -2.44. The summed E-state index contributed by atoms with van der Waals surface area (Å²) in [7, 11) is 1.84. The third kappa shape index (κ3) is 7.64. The molecule has 1 saturated heterocycles. The Bertz CT molecular complexity index is 278. The first kappa shape index (κ1) is 18.0. The SMILES string of the molecule is CN=C(NCCCC1CC1)NCCN1CCOCC1.I. The lowest BCUT2D eigenvalue weighted by atomic mass is 10.2. The van der Waals surface area contributed by atoms with Crippen molar-refractivity contribution in [3.05, 3.63) is 0 Å². The van der Waals surface area contributed by atoms with Gasteiger partial charge in [0.05, 0.1) is 13.2 Å². The maximum absolute atomic E-state index is 5.34. The summed E-state index contributed by atoms with van der Waals surface area (Å²) in [6, 6.07) is 0. The van der Waals surface area contributed by atoms with Crippen LogP contribution in [-0.4, -0.2) is 63.8 Å². The Kier molecular flexibility index (Phi) is 9.54. The zero-order chi connectivity index (χ0) is 13.3. The highest BCUT2D eigenvalue weighted by atomic mass is 127. The highest BCUT2D eigenvalue weighted by Gasteiger charge is 2.19. The number of nitrogens with zero attached hydrogens (tertiary/aromatic N) is 2. The Labute approximate surface area is 139 Å². The first-order chi connectivity index (χ1) is 9.38. The van der Waals surface area contributed by atoms with E-state index >= 15 is 0 Å². The minimum Gasteiger partial charge on any atom is -0.379 e. The van der Waals surface area contributed by atoms with Crippen molar-refractivity contribution >= 4 is 29.9 Å². The molecule has 1 aliphatic carbocycles. The largest absolute Gasteiger partial charge is 0.379 e. The Morgan fingerprint density at radius 1 is 1.20 bits per heavy atom. The molecule has 2 rings (SSSR count). The lowest BCUT2D eigenvalue weighted by molar-refractivity contribution is 0.0389. The van der Waals surface area contributed by atoms with Gasteiger partial charge in [-0.15, -0.1) is 24.0 Å². The highest BCUT2D eigenvalue weighted by molar-refractivity contribution is 14.0. The molecule has 1 aliphatic heterocycles. The number of rotatable bonds is 7. The molecule has 1 saturated carbocycles. The number of hydrogen-bond donors (Lipinski definition) is 2. The molecular weight excluding hydrogens is 367 g/mol. The van der Waals surface area contributed by atoms with Crippen LogP contribution in [0.3, 0.4) is 0 Å². The molecule has 0 bridgehead atoms. The van der Waals surface area contributed by atoms with Crippen LogP contribution in [0, 0.1) is 5.92 Å². The standard InChI is InChI=1S/C14H28N4O.HI/c1-15-14(16-6-2-3-13-4-5-13)17-7-8-18-9-11-19-12-10-18;/h13H,2-12H2,1H3,(H2,15,16,17);1H. The summed E-state index contributed by atoms with van der Waals surface area (Å²) in [4.78, 5) is 6.68. The van der Waals surface area contributed by atoms with Gasteiger partial charge in [0.15, 0.2) is 5.96 Å². The minimum atomic E-state index is 0. The van der Waals surface area contributed by atoms with Crippen LogP contribution < -0.4 is 10.6 Å². The van der Waals surface area contributed by atoms with Crippen molar-refractivity contribution < 1.29 is 4.74 Å². The molecule has 0 spiro atoms. The number of morpholine rings is 1. The van der Waals surface area contributed by atoms with E-state index in [1.165, 1.54) is 25.7 Å². The maximum Gasteiger partial charge on any atom is 0.191 e. The van der Waals surface area contributed by atoms with Gasteiger partial charge in [-0.25, -0.2) is 0 Å². The van der Waals surface area contributed by atoms with Crippen molar-refractivity contribution in [2.45, 2.75) is 25.7 Å². The molecule has 6 heteroatoms. The summed E-state index contributed by atoms with van der Waals surface area (Å²) in [6.45, 7) is 6.88. The number of nitrogens with one attached hydrogen (secondary N) is 2. The van der Waals surface area contributed by atoms with Gasteiger partial charge in [0, 0.05) is 39.8 Å². The summed E-state index contributed by atoms with van der Waals surface area (Å²) >= 11 is 0. The smallest absolute Gasteiger partial charge is 0.191 e. The zero-order valence-electron chi connectivity index (χ0n) is 12.6. The van der Waals surface area contributed by atoms with Crippen LogP contribution in [0.25, 0.3) is 0 Å². The zero-order valence-corrected chi connectivity index (χ0v) is 14.9. The third-order valence-electron chi connectivity index (χ3n) is 3.83. The summed E-state index contributed by atoms with van der Waals surface area (Å²) in [5.74, 6) is 1.96. The fourth-order valence-electron chi connectivity index (χ4n) is 2.38. The van der Waals surface area contributed by atoms with Crippen molar-refractivity contribution in [2.24, 2.45) is 10.9 Å². The summed E-state index contributed by atoms with van der Waals surface area (Å²) < 4.78 is 5.34. The van der Waals surface area contributed by atoms with Crippen molar-refractivity contribution in [3.8, 4) is 0 Å². The van der Waals surface area contributed by atoms with Gasteiger partial charge in [0.25, 0.3) is 0 Å². The van der Waals surface area contributed by atoms with E-state index in [0.717, 1.165) is 57.8 Å². The number of halogens is 1. The molecule has 118 valence electrons. The molecule has 20 heavy (non-hydrogen) atoms. The molecule has 0 aromatic heterocycles. The lowest BCUT2D eigenvalue weighted by Gasteiger charge is -2.26. The number of aliphatic imine (C=N–C) groups is 1. The maximum atomic E-state index is 5.34. The molecule has 5 nitrogen and oxygen atoms in total. The number of guanidine groups is 1. The van der Waals surface area contributed by atoms with E-state index in [1.54, 1.807) is 0 Å². The van der Waals surface area contributed by atoms with E-state index in [4.69, 9.17) is 4.74 Å². The van der Waals surface area contributed by atoms with Crippen LogP contribution in [-0.2, 0) is 4.74 Å². The molecule has 0 atom stereocenters. The average Bonchev–Trinajstić information content (AvgIpc) is 3.27. The van der Waals surface area contributed by atoms with Crippen LogP contribution >= 0.6 is 24.0 Å². The third-order valence-corrected chi connectivity index (χ3v) is 3.83. The van der Waals surface area contributed by atoms with Gasteiger partial charge in [-0.3, -0.25) is 9.89 Å². The van der Waals surface area contributed by atoms with E-state index in [1.807, 2.05) is 7.05 Å². The van der Waals surface area contributed by atoms with Crippen molar-refractivity contribution in [1.29, 1.82) is 0 Å². The summed E-state index contributed by atoms with van der Waals surface area (Å²) in [5, 5.41) is 6.76. The normalized spacial score (nSPS) is 20.4. The molecule has 0 radical (unpaired) electrons. The molecule has 2 aliphatic rings. The molecule has 2 fully saturated rings. The second-order valence-electron chi connectivity index (χ2n) is 5.47. The van der Waals surface area contributed by atoms with Gasteiger partial charge in [-0.1, -0.05) is 12.8 Å². The fourth-order valence-corrected chi connectivity index (χ4v) is 2.38. The van der Waals surface area contributed by atoms with Gasteiger partial charge in [0.1, 0.15) is 0 Å². The molecule has 0 amide bonds. The Balaban J connectivity index is 0.00000200.